The Labute approximate surface area is 129 Å². The van der Waals surface area contributed by atoms with Crippen LogP contribution >= 0.6 is 47.8 Å². The maximum Gasteiger partial charge on any atom is 0.0410 e. The Balaban J connectivity index is 2.85. The minimum Gasteiger partial charge on any atom is -0.263 e. The van der Waals surface area contributed by atoms with Gasteiger partial charge in [0.05, 0.1) is 0 Å². The highest BCUT2D eigenvalue weighted by atomic mass is 79.9. The molecule has 0 N–H and O–H groups in total. The molecule has 0 aliphatic heterocycles. The molecule has 0 aliphatic carbocycles. The molecule has 0 atom stereocenters. The molecule has 0 aliphatic rings. The number of aromatic nitrogens is 1. The van der Waals surface area contributed by atoms with Crippen LogP contribution in [0.4, 0.5) is 0 Å². The molecule has 0 bridgehead atoms. The smallest absolute Gasteiger partial charge is 0.0410 e. The molecule has 1 rings (SSSR count). The molecule has 0 amide bonds. The van der Waals surface area contributed by atoms with E-state index in [-0.39, 0.29) is 5.41 Å². The highest BCUT2D eigenvalue weighted by Gasteiger charge is 2.29. The highest BCUT2D eigenvalue weighted by molar-refractivity contribution is 9.10. The lowest BCUT2D eigenvalue weighted by molar-refractivity contribution is 0.304. The second-order valence-corrected chi connectivity index (χ2v) is 7.09. The van der Waals surface area contributed by atoms with Crippen LogP contribution in [0, 0.1) is 11.3 Å². The average molecular weight is 428 g/mol. The Morgan fingerprint density at radius 3 is 2.35 bits per heavy atom. The van der Waals surface area contributed by atoms with Crippen molar-refractivity contribution in [2.45, 2.75) is 26.7 Å². The first kappa shape index (κ1) is 15.6. The van der Waals surface area contributed by atoms with E-state index in [1.165, 1.54) is 12.0 Å². The van der Waals surface area contributed by atoms with Crippen LogP contribution < -0.4 is 0 Å². The number of hydrogen-bond donors (Lipinski definition) is 0. The molecule has 1 heterocycles. The summed E-state index contributed by atoms with van der Waals surface area (Å²) >= 11 is 10.8. The van der Waals surface area contributed by atoms with Crippen molar-refractivity contribution in [3.05, 3.63) is 28.5 Å². The monoisotopic (exact) mass is 425 g/mol. The predicted octanol–water partition coefficient (Wildman–Crippen LogP) is 5.21. The van der Waals surface area contributed by atoms with Gasteiger partial charge in [0, 0.05) is 27.5 Å². The van der Waals surface area contributed by atoms with Crippen molar-refractivity contribution in [1.29, 1.82) is 0 Å². The standard InChI is InChI=1S/C13H18Br3N/c1-10(2)4-13(8-14,9-15)5-11-3-12(16)7-17-6-11/h3,6-7,10H,4-5,8-9H2,1-2H3. The number of pyridine rings is 1. The Hall–Kier alpha value is 0.590. The molecule has 0 saturated carbocycles. The predicted molar refractivity (Wildman–Crippen MR) is 85.1 cm³/mol. The van der Waals surface area contributed by atoms with Crippen LogP contribution in [0.3, 0.4) is 0 Å². The molecule has 1 nitrogen and oxygen atoms in total. The van der Waals surface area contributed by atoms with Crippen LogP contribution in [0.2, 0.25) is 0 Å². The minimum absolute atomic E-state index is 0.274. The third-order valence-corrected chi connectivity index (χ3v) is 5.56. The molecule has 17 heavy (non-hydrogen) atoms. The van der Waals surface area contributed by atoms with Crippen molar-refractivity contribution in [2.24, 2.45) is 11.3 Å². The van der Waals surface area contributed by atoms with Crippen molar-refractivity contribution >= 4 is 47.8 Å². The first-order chi connectivity index (χ1) is 8.01. The van der Waals surface area contributed by atoms with E-state index in [0.29, 0.717) is 5.92 Å². The van der Waals surface area contributed by atoms with E-state index in [4.69, 9.17) is 0 Å². The minimum atomic E-state index is 0.274. The molecule has 4 heteroatoms. The number of rotatable bonds is 6. The SMILES string of the molecule is CC(C)CC(CBr)(CBr)Cc1cncc(Br)c1. The van der Waals surface area contributed by atoms with Gasteiger partial charge < -0.3 is 0 Å². The van der Waals surface area contributed by atoms with E-state index in [0.717, 1.165) is 21.6 Å². The summed E-state index contributed by atoms with van der Waals surface area (Å²) < 4.78 is 1.05. The van der Waals surface area contributed by atoms with Crippen molar-refractivity contribution in [1.82, 2.24) is 4.98 Å². The van der Waals surface area contributed by atoms with Gasteiger partial charge in [-0.3, -0.25) is 4.98 Å². The van der Waals surface area contributed by atoms with Crippen molar-refractivity contribution < 1.29 is 0 Å². The molecule has 0 spiro atoms. The Morgan fingerprint density at radius 2 is 1.88 bits per heavy atom. The number of alkyl halides is 2. The van der Waals surface area contributed by atoms with Gasteiger partial charge >= 0.3 is 0 Å². The number of halogens is 3. The summed E-state index contributed by atoms with van der Waals surface area (Å²) in [5.41, 5.74) is 1.57. The summed E-state index contributed by atoms with van der Waals surface area (Å²) in [7, 11) is 0. The second-order valence-electron chi connectivity index (χ2n) is 5.05. The summed E-state index contributed by atoms with van der Waals surface area (Å²) in [6, 6.07) is 2.16. The van der Waals surface area contributed by atoms with Gasteiger partial charge in [0.15, 0.2) is 0 Å². The van der Waals surface area contributed by atoms with E-state index >= 15 is 0 Å². The van der Waals surface area contributed by atoms with Gasteiger partial charge in [0.2, 0.25) is 0 Å². The Kier molecular flexibility index (Phi) is 6.67. The summed E-state index contributed by atoms with van der Waals surface area (Å²) in [6.07, 6.45) is 6.05. The van der Waals surface area contributed by atoms with Crippen molar-refractivity contribution in [3.8, 4) is 0 Å². The molecule has 1 aromatic heterocycles. The topological polar surface area (TPSA) is 12.9 Å². The first-order valence-corrected chi connectivity index (χ1v) is 8.76. The maximum absolute atomic E-state index is 4.24. The quantitative estimate of drug-likeness (QED) is 0.568. The number of nitrogens with zero attached hydrogens (tertiary/aromatic N) is 1. The average Bonchev–Trinajstić information content (AvgIpc) is 2.27. The second kappa shape index (κ2) is 7.25. The van der Waals surface area contributed by atoms with Gasteiger partial charge in [-0.15, -0.1) is 0 Å². The third-order valence-electron chi connectivity index (χ3n) is 2.75. The van der Waals surface area contributed by atoms with Crippen LogP contribution in [-0.2, 0) is 6.42 Å². The summed E-state index contributed by atoms with van der Waals surface area (Å²) in [5, 5.41) is 2.02. The fourth-order valence-electron chi connectivity index (χ4n) is 2.16. The molecule has 0 fully saturated rings. The van der Waals surface area contributed by atoms with Crippen molar-refractivity contribution in [2.75, 3.05) is 10.7 Å². The highest BCUT2D eigenvalue weighted by Crippen LogP contribution is 2.35. The molecular formula is C13H18Br3N. The van der Waals surface area contributed by atoms with Crippen LogP contribution in [-0.4, -0.2) is 15.6 Å². The lowest BCUT2D eigenvalue weighted by Gasteiger charge is -2.32. The van der Waals surface area contributed by atoms with Crippen LogP contribution in [0.1, 0.15) is 25.8 Å². The summed E-state index contributed by atoms with van der Waals surface area (Å²) in [6.45, 7) is 4.55. The van der Waals surface area contributed by atoms with E-state index in [1.54, 1.807) is 0 Å². The summed E-state index contributed by atoms with van der Waals surface area (Å²) in [4.78, 5) is 4.24. The van der Waals surface area contributed by atoms with Crippen LogP contribution in [0.5, 0.6) is 0 Å². The van der Waals surface area contributed by atoms with Crippen LogP contribution in [0.25, 0.3) is 0 Å². The Bertz CT molecular complexity index is 348. The van der Waals surface area contributed by atoms with Gasteiger partial charge in [0.25, 0.3) is 0 Å². The fourth-order valence-corrected chi connectivity index (χ4v) is 4.36. The lowest BCUT2D eigenvalue weighted by Crippen LogP contribution is -2.29. The van der Waals surface area contributed by atoms with E-state index < -0.39 is 0 Å². The van der Waals surface area contributed by atoms with Crippen LogP contribution in [0.15, 0.2) is 22.9 Å². The zero-order valence-corrected chi connectivity index (χ0v) is 15.0. The van der Waals surface area contributed by atoms with Gasteiger partial charge in [-0.05, 0) is 51.7 Å². The van der Waals surface area contributed by atoms with Gasteiger partial charge in [-0.1, -0.05) is 45.7 Å². The molecule has 96 valence electrons. The largest absolute Gasteiger partial charge is 0.263 e. The van der Waals surface area contributed by atoms with E-state index in [2.05, 4.69) is 72.7 Å². The van der Waals surface area contributed by atoms with Gasteiger partial charge in [-0.2, -0.15) is 0 Å². The van der Waals surface area contributed by atoms with E-state index in [9.17, 15) is 0 Å². The van der Waals surface area contributed by atoms with Gasteiger partial charge in [0.1, 0.15) is 0 Å². The number of hydrogen-bond acceptors (Lipinski definition) is 1. The van der Waals surface area contributed by atoms with Gasteiger partial charge in [-0.25, -0.2) is 0 Å². The molecule has 0 unspecified atom stereocenters. The Morgan fingerprint density at radius 1 is 1.24 bits per heavy atom. The fraction of sp³-hybridized carbons (Fsp3) is 0.615. The summed E-state index contributed by atoms with van der Waals surface area (Å²) in [5.74, 6) is 0.699. The maximum atomic E-state index is 4.24. The first-order valence-electron chi connectivity index (χ1n) is 5.73. The van der Waals surface area contributed by atoms with Crippen molar-refractivity contribution in [3.63, 3.8) is 0 Å². The molecule has 0 radical (unpaired) electrons. The van der Waals surface area contributed by atoms with E-state index in [1.807, 2.05) is 12.4 Å². The molecule has 1 aromatic rings. The lowest BCUT2D eigenvalue weighted by atomic mass is 9.79. The molecule has 0 aromatic carbocycles. The normalized spacial score (nSPS) is 12.1. The zero-order valence-electron chi connectivity index (χ0n) is 10.2. The third kappa shape index (κ3) is 4.99. The molecular weight excluding hydrogens is 410 g/mol. The molecule has 0 saturated heterocycles. The zero-order chi connectivity index (χ0) is 12.9.